The lowest BCUT2D eigenvalue weighted by molar-refractivity contribution is -0.200. The molecule has 25 heavy (non-hydrogen) atoms. The molecule has 138 valence electrons. The summed E-state index contributed by atoms with van der Waals surface area (Å²) in [7, 11) is 0.992. The van der Waals surface area contributed by atoms with Gasteiger partial charge in [0.1, 0.15) is 6.04 Å². The van der Waals surface area contributed by atoms with Gasteiger partial charge in [-0.2, -0.15) is 13.2 Å². The summed E-state index contributed by atoms with van der Waals surface area (Å²) in [6, 6.07) is 3.22. The SMILES string of the molecule is CCOC(=O)[C@H]1[C@@H](C(F)(F)F)[C@H](C(=O)OC)N[C@@H]1c1ccc(Cl)cc1. The lowest BCUT2D eigenvalue weighted by Crippen LogP contribution is -2.45. The van der Waals surface area contributed by atoms with E-state index in [0.29, 0.717) is 10.6 Å². The van der Waals surface area contributed by atoms with Crippen molar-refractivity contribution in [1.82, 2.24) is 5.32 Å². The molecule has 0 radical (unpaired) electrons. The van der Waals surface area contributed by atoms with Crippen molar-refractivity contribution in [3.63, 3.8) is 0 Å². The molecule has 0 saturated carbocycles. The maximum absolute atomic E-state index is 13.6. The van der Waals surface area contributed by atoms with Crippen molar-refractivity contribution in [3.05, 3.63) is 34.9 Å². The summed E-state index contributed by atoms with van der Waals surface area (Å²) in [6.45, 7) is 1.42. The molecule has 0 aliphatic carbocycles. The fraction of sp³-hybridized carbons (Fsp3) is 0.500. The quantitative estimate of drug-likeness (QED) is 0.815. The Hall–Kier alpha value is -1.80. The second-order valence-corrected chi connectivity index (χ2v) is 5.98. The molecular formula is C16H17ClF3NO4. The van der Waals surface area contributed by atoms with Crippen molar-refractivity contribution >= 4 is 23.5 Å². The van der Waals surface area contributed by atoms with Gasteiger partial charge in [0.25, 0.3) is 0 Å². The molecule has 0 spiro atoms. The monoisotopic (exact) mass is 379 g/mol. The van der Waals surface area contributed by atoms with Crippen molar-refractivity contribution < 1.29 is 32.2 Å². The number of alkyl halides is 3. The molecule has 1 aromatic rings. The van der Waals surface area contributed by atoms with E-state index in [2.05, 4.69) is 10.1 Å². The number of halogens is 4. The molecule has 0 amide bonds. The van der Waals surface area contributed by atoms with Gasteiger partial charge in [0, 0.05) is 11.1 Å². The minimum atomic E-state index is -4.80. The number of carbonyl (C=O) groups excluding carboxylic acids is 2. The number of esters is 2. The third-order valence-corrected chi connectivity index (χ3v) is 4.34. The lowest BCUT2D eigenvalue weighted by atomic mass is 9.84. The van der Waals surface area contributed by atoms with Crippen molar-refractivity contribution in [1.29, 1.82) is 0 Å². The summed E-state index contributed by atoms with van der Waals surface area (Å²) in [5.41, 5.74) is 0.392. The predicted molar refractivity (Wildman–Crippen MR) is 82.8 cm³/mol. The second kappa shape index (κ2) is 7.61. The Morgan fingerprint density at radius 1 is 1.20 bits per heavy atom. The van der Waals surface area contributed by atoms with E-state index in [4.69, 9.17) is 16.3 Å². The molecule has 1 N–H and O–H groups in total. The predicted octanol–water partition coefficient (Wildman–Crippen LogP) is 2.88. The Morgan fingerprint density at radius 2 is 1.80 bits per heavy atom. The van der Waals surface area contributed by atoms with Crippen molar-refractivity contribution in [3.8, 4) is 0 Å². The Labute approximate surface area is 147 Å². The van der Waals surface area contributed by atoms with Gasteiger partial charge in [-0.3, -0.25) is 14.9 Å². The molecule has 0 unspecified atom stereocenters. The first-order valence-electron chi connectivity index (χ1n) is 7.53. The normalized spacial score (nSPS) is 26.3. The zero-order chi connectivity index (χ0) is 18.8. The van der Waals surface area contributed by atoms with Crippen LogP contribution in [0.3, 0.4) is 0 Å². The van der Waals surface area contributed by atoms with E-state index in [1.54, 1.807) is 0 Å². The van der Waals surface area contributed by atoms with E-state index in [-0.39, 0.29) is 6.61 Å². The first-order valence-corrected chi connectivity index (χ1v) is 7.91. The molecule has 4 atom stereocenters. The highest BCUT2D eigenvalue weighted by atomic mass is 35.5. The van der Waals surface area contributed by atoms with Crippen molar-refractivity contribution in [2.24, 2.45) is 11.8 Å². The van der Waals surface area contributed by atoms with Crippen LogP contribution in [0.2, 0.25) is 5.02 Å². The van der Waals surface area contributed by atoms with E-state index in [0.717, 1.165) is 7.11 Å². The summed E-state index contributed by atoms with van der Waals surface area (Å²) in [5, 5.41) is 2.98. The highest BCUT2D eigenvalue weighted by molar-refractivity contribution is 6.30. The summed E-state index contributed by atoms with van der Waals surface area (Å²) in [4.78, 5) is 24.1. The van der Waals surface area contributed by atoms with Gasteiger partial charge < -0.3 is 9.47 Å². The number of nitrogens with one attached hydrogen (secondary N) is 1. The minimum Gasteiger partial charge on any atom is -0.468 e. The summed E-state index contributed by atoms with van der Waals surface area (Å²) >= 11 is 5.80. The maximum Gasteiger partial charge on any atom is 0.394 e. The van der Waals surface area contributed by atoms with Crippen LogP contribution in [0.15, 0.2) is 24.3 Å². The van der Waals surface area contributed by atoms with Crippen LogP contribution in [0.25, 0.3) is 0 Å². The van der Waals surface area contributed by atoms with E-state index >= 15 is 0 Å². The Balaban J connectivity index is 2.50. The third-order valence-electron chi connectivity index (χ3n) is 4.09. The highest BCUT2D eigenvalue weighted by Gasteiger charge is 2.62. The van der Waals surface area contributed by atoms with Gasteiger partial charge in [-0.05, 0) is 24.6 Å². The molecule has 1 aliphatic rings. The zero-order valence-corrected chi connectivity index (χ0v) is 14.2. The number of ether oxygens (including phenoxy) is 2. The fourth-order valence-electron chi connectivity index (χ4n) is 3.04. The van der Waals surface area contributed by atoms with Gasteiger partial charge in [-0.25, -0.2) is 0 Å². The van der Waals surface area contributed by atoms with E-state index < -0.39 is 42.0 Å². The van der Waals surface area contributed by atoms with Crippen LogP contribution in [0, 0.1) is 11.8 Å². The molecule has 0 aromatic heterocycles. The molecule has 1 heterocycles. The molecule has 1 fully saturated rings. The number of carbonyl (C=O) groups is 2. The maximum atomic E-state index is 13.6. The first-order chi connectivity index (χ1) is 11.7. The lowest BCUT2D eigenvalue weighted by Gasteiger charge is -2.25. The molecule has 2 rings (SSSR count). The Bertz CT molecular complexity index is 635. The number of hydrogen-bond acceptors (Lipinski definition) is 5. The first kappa shape index (κ1) is 19.5. The molecule has 1 aliphatic heterocycles. The molecule has 5 nitrogen and oxygen atoms in total. The number of rotatable bonds is 4. The van der Waals surface area contributed by atoms with Crippen LogP contribution in [-0.2, 0) is 19.1 Å². The number of hydrogen-bond donors (Lipinski definition) is 1. The van der Waals surface area contributed by atoms with Gasteiger partial charge >= 0.3 is 18.1 Å². The number of benzene rings is 1. The van der Waals surface area contributed by atoms with Gasteiger partial charge in [-0.15, -0.1) is 0 Å². The molecule has 9 heteroatoms. The van der Waals surface area contributed by atoms with Crippen LogP contribution in [0.1, 0.15) is 18.5 Å². The van der Waals surface area contributed by atoms with Gasteiger partial charge in [0.05, 0.1) is 25.6 Å². The highest BCUT2D eigenvalue weighted by Crippen LogP contribution is 2.46. The smallest absolute Gasteiger partial charge is 0.394 e. The van der Waals surface area contributed by atoms with Crippen LogP contribution >= 0.6 is 11.6 Å². The zero-order valence-electron chi connectivity index (χ0n) is 13.5. The van der Waals surface area contributed by atoms with Gasteiger partial charge in [-0.1, -0.05) is 23.7 Å². The molecule has 1 saturated heterocycles. The number of methoxy groups -OCH3 is 1. The summed E-state index contributed by atoms with van der Waals surface area (Å²) < 4.78 is 50.2. The second-order valence-electron chi connectivity index (χ2n) is 5.54. The Kier molecular flexibility index (Phi) is 5.95. The van der Waals surface area contributed by atoms with Crippen LogP contribution in [0.5, 0.6) is 0 Å². The topological polar surface area (TPSA) is 64.6 Å². The largest absolute Gasteiger partial charge is 0.468 e. The molecular weight excluding hydrogens is 363 g/mol. The standard InChI is InChI=1S/C16H17ClF3NO4/c1-3-25-14(22)10-11(16(18,19)20)13(15(23)24-2)21-12(10)8-4-6-9(17)7-5-8/h4-7,10-13,21H,3H2,1-2H3/t10-,11+,12+,13+/m0/s1. The van der Waals surface area contributed by atoms with E-state index in [1.165, 1.54) is 31.2 Å². The van der Waals surface area contributed by atoms with Crippen molar-refractivity contribution in [2.45, 2.75) is 25.2 Å². The summed E-state index contributed by atoms with van der Waals surface area (Å²) in [5.74, 6) is -6.00. The van der Waals surface area contributed by atoms with Crippen molar-refractivity contribution in [2.75, 3.05) is 13.7 Å². The van der Waals surface area contributed by atoms with E-state index in [9.17, 15) is 22.8 Å². The fourth-order valence-corrected chi connectivity index (χ4v) is 3.17. The average molecular weight is 380 g/mol. The average Bonchev–Trinajstić information content (AvgIpc) is 2.96. The van der Waals surface area contributed by atoms with Crippen LogP contribution in [-0.4, -0.2) is 37.9 Å². The van der Waals surface area contributed by atoms with Crippen LogP contribution in [0.4, 0.5) is 13.2 Å². The third kappa shape index (κ3) is 4.07. The minimum absolute atomic E-state index is 0.0733. The summed E-state index contributed by atoms with van der Waals surface area (Å²) in [6.07, 6.45) is -4.80. The van der Waals surface area contributed by atoms with E-state index in [1.807, 2.05) is 0 Å². The van der Waals surface area contributed by atoms with Gasteiger partial charge in [0.15, 0.2) is 0 Å². The van der Waals surface area contributed by atoms with Crippen LogP contribution < -0.4 is 5.32 Å². The molecule has 1 aromatic carbocycles. The van der Waals surface area contributed by atoms with Gasteiger partial charge in [0.2, 0.25) is 0 Å². The Morgan fingerprint density at radius 3 is 2.28 bits per heavy atom. The molecule has 0 bridgehead atoms.